The number of fused-ring (bicyclic) bond motifs is 1. The normalized spacial score (nSPS) is 18.0. The molecule has 0 saturated carbocycles. The Balaban J connectivity index is 1.59. The van der Waals surface area contributed by atoms with E-state index in [1.807, 2.05) is 17.0 Å². The van der Waals surface area contributed by atoms with Crippen LogP contribution in [0.25, 0.3) is 11.0 Å². The van der Waals surface area contributed by atoms with Crippen LogP contribution in [-0.2, 0) is 11.3 Å². The van der Waals surface area contributed by atoms with Gasteiger partial charge in [0, 0.05) is 6.54 Å². The van der Waals surface area contributed by atoms with E-state index in [4.69, 9.17) is 0 Å². The van der Waals surface area contributed by atoms with E-state index in [0.29, 0.717) is 0 Å². The number of imidazole rings is 1. The van der Waals surface area contributed by atoms with Crippen molar-refractivity contribution in [3.05, 3.63) is 35.9 Å². The minimum Gasteiger partial charge on any atom is -0.340 e. The lowest BCUT2D eigenvalue weighted by atomic mass is 10.2. The van der Waals surface area contributed by atoms with Crippen LogP contribution < -0.4 is 0 Å². The van der Waals surface area contributed by atoms with E-state index < -0.39 is 0 Å². The second kappa shape index (κ2) is 5.45. The molecule has 3 heterocycles. The van der Waals surface area contributed by atoms with E-state index in [-0.39, 0.29) is 18.5 Å². The van der Waals surface area contributed by atoms with Crippen LogP contribution >= 0.6 is 0 Å². The van der Waals surface area contributed by atoms with Crippen molar-refractivity contribution >= 4 is 16.9 Å². The van der Waals surface area contributed by atoms with Crippen molar-refractivity contribution in [2.75, 3.05) is 6.54 Å². The zero-order chi connectivity index (χ0) is 15.8. The number of tetrazole rings is 1. The molecule has 0 bridgehead atoms. The third kappa shape index (κ3) is 2.56. The predicted octanol–water partition coefficient (Wildman–Crippen LogP) is 1.22. The summed E-state index contributed by atoms with van der Waals surface area (Å²) in [5, 5.41) is 10.9. The maximum Gasteiger partial charge on any atom is 0.245 e. The molecule has 1 aliphatic heterocycles. The Morgan fingerprint density at radius 1 is 1.43 bits per heavy atom. The molecule has 0 aliphatic carbocycles. The number of carbonyl (C=O) groups excluding carboxylic acids is 1. The van der Waals surface area contributed by atoms with E-state index in [2.05, 4.69) is 38.5 Å². The summed E-state index contributed by atoms with van der Waals surface area (Å²) in [6.07, 6.45) is 3.34. The van der Waals surface area contributed by atoms with Crippen LogP contribution in [0.2, 0.25) is 0 Å². The predicted molar refractivity (Wildman–Crippen MR) is 82.3 cm³/mol. The van der Waals surface area contributed by atoms with Gasteiger partial charge in [0.15, 0.2) is 0 Å². The highest BCUT2D eigenvalue weighted by atomic mass is 16.2. The Kier molecular flexibility index (Phi) is 3.29. The third-order valence-electron chi connectivity index (χ3n) is 4.23. The van der Waals surface area contributed by atoms with Crippen molar-refractivity contribution in [3.8, 4) is 0 Å². The van der Waals surface area contributed by atoms with Crippen molar-refractivity contribution in [1.29, 1.82) is 0 Å². The lowest BCUT2D eigenvalue weighted by molar-refractivity contribution is -0.133. The van der Waals surface area contributed by atoms with Crippen LogP contribution in [0.5, 0.6) is 0 Å². The Morgan fingerprint density at radius 3 is 3.17 bits per heavy atom. The molecule has 1 aliphatic rings. The first-order valence-electron chi connectivity index (χ1n) is 7.67. The summed E-state index contributed by atoms with van der Waals surface area (Å²) in [6, 6.07) is 6.12. The fourth-order valence-corrected chi connectivity index (χ4v) is 3.13. The summed E-state index contributed by atoms with van der Waals surface area (Å²) < 4.78 is 1.44. The molecule has 1 atom stereocenters. The summed E-state index contributed by atoms with van der Waals surface area (Å²) >= 11 is 0. The first-order chi connectivity index (χ1) is 11.2. The van der Waals surface area contributed by atoms with Gasteiger partial charge in [0.05, 0.1) is 17.1 Å². The Hall–Kier alpha value is -2.77. The number of carbonyl (C=O) groups is 1. The van der Waals surface area contributed by atoms with Gasteiger partial charge in [-0.15, -0.1) is 5.10 Å². The van der Waals surface area contributed by atoms with Gasteiger partial charge in [-0.2, -0.15) is 0 Å². The molecule has 0 radical (unpaired) electrons. The van der Waals surface area contributed by atoms with Crippen LogP contribution in [0.1, 0.15) is 30.3 Å². The van der Waals surface area contributed by atoms with Crippen molar-refractivity contribution in [3.63, 3.8) is 0 Å². The summed E-state index contributed by atoms with van der Waals surface area (Å²) in [6.45, 7) is 2.95. The first kappa shape index (κ1) is 13.9. The molecular weight excluding hydrogens is 294 g/mol. The minimum atomic E-state index is -0.00770. The summed E-state index contributed by atoms with van der Waals surface area (Å²) in [5.74, 6) is 0.865. The number of hydrogen-bond donors (Lipinski definition) is 1. The van der Waals surface area contributed by atoms with Crippen LogP contribution in [-0.4, -0.2) is 47.5 Å². The number of benzene rings is 1. The minimum absolute atomic E-state index is 0.00770. The molecule has 118 valence electrons. The standard InChI is InChI=1S/C15H17N7O/c1-10-4-5-11-12(7-10)18-15(17-11)13-3-2-6-22(13)14(23)8-21-9-16-19-20-21/h4-5,7,9,13H,2-3,6,8H2,1H3,(H,17,18)/t13-/m0/s1. The van der Waals surface area contributed by atoms with E-state index in [0.717, 1.165) is 36.2 Å². The summed E-state index contributed by atoms with van der Waals surface area (Å²) in [4.78, 5) is 22.4. The quantitative estimate of drug-likeness (QED) is 0.785. The van der Waals surface area contributed by atoms with Gasteiger partial charge in [-0.25, -0.2) is 9.67 Å². The molecule has 8 nitrogen and oxygen atoms in total. The van der Waals surface area contributed by atoms with Crippen molar-refractivity contribution < 1.29 is 4.79 Å². The van der Waals surface area contributed by atoms with Gasteiger partial charge in [0.1, 0.15) is 18.7 Å². The topological polar surface area (TPSA) is 92.6 Å². The fourth-order valence-electron chi connectivity index (χ4n) is 3.13. The molecule has 1 N–H and O–H groups in total. The molecule has 2 aromatic heterocycles. The molecule has 0 spiro atoms. The number of likely N-dealkylation sites (tertiary alicyclic amines) is 1. The number of H-pyrrole nitrogens is 1. The molecule has 1 saturated heterocycles. The second-order valence-electron chi connectivity index (χ2n) is 5.90. The van der Waals surface area contributed by atoms with E-state index in [1.165, 1.54) is 16.6 Å². The second-order valence-corrected chi connectivity index (χ2v) is 5.90. The van der Waals surface area contributed by atoms with Crippen molar-refractivity contribution in [2.45, 2.75) is 32.4 Å². The highest BCUT2D eigenvalue weighted by Gasteiger charge is 2.32. The SMILES string of the molecule is Cc1ccc2nc([C@@H]3CCCN3C(=O)Cn3cnnn3)[nH]c2c1. The van der Waals surface area contributed by atoms with Crippen LogP contribution in [0.4, 0.5) is 0 Å². The zero-order valence-corrected chi connectivity index (χ0v) is 12.8. The largest absolute Gasteiger partial charge is 0.340 e. The summed E-state index contributed by atoms with van der Waals surface area (Å²) in [5.41, 5.74) is 3.14. The maximum absolute atomic E-state index is 12.5. The van der Waals surface area contributed by atoms with Gasteiger partial charge in [-0.3, -0.25) is 4.79 Å². The number of aromatic nitrogens is 6. The Morgan fingerprint density at radius 2 is 2.35 bits per heavy atom. The van der Waals surface area contributed by atoms with Gasteiger partial charge in [-0.1, -0.05) is 6.07 Å². The molecule has 0 unspecified atom stereocenters. The van der Waals surface area contributed by atoms with Gasteiger partial charge < -0.3 is 9.88 Å². The fraction of sp³-hybridized carbons (Fsp3) is 0.400. The number of aromatic amines is 1. The van der Waals surface area contributed by atoms with Gasteiger partial charge in [0.2, 0.25) is 5.91 Å². The van der Waals surface area contributed by atoms with Crippen LogP contribution in [0, 0.1) is 6.92 Å². The molecule has 3 aromatic rings. The number of nitrogens with zero attached hydrogens (tertiary/aromatic N) is 6. The number of nitrogens with one attached hydrogen (secondary N) is 1. The zero-order valence-electron chi connectivity index (χ0n) is 12.8. The number of rotatable bonds is 3. The Bertz CT molecular complexity index is 839. The molecule has 1 fully saturated rings. The average molecular weight is 311 g/mol. The highest BCUT2D eigenvalue weighted by molar-refractivity contribution is 5.78. The lowest BCUT2D eigenvalue weighted by Gasteiger charge is -2.22. The number of hydrogen-bond acceptors (Lipinski definition) is 5. The van der Waals surface area contributed by atoms with E-state index in [9.17, 15) is 4.79 Å². The smallest absolute Gasteiger partial charge is 0.245 e. The Labute approximate surface area is 132 Å². The third-order valence-corrected chi connectivity index (χ3v) is 4.23. The molecule has 1 amide bonds. The van der Waals surface area contributed by atoms with Crippen molar-refractivity contribution in [1.82, 2.24) is 35.1 Å². The monoisotopic (exact) mass is 311 g/mol. The van der Waals surface area contributed by atoms with Crippen LogP contribution in [0.3, 0.4) is 0 Å². The first-order valence-corrected chi connectivity index (χ1v) is 7.67. The molecule has 4 rings (SSSR count). The van der Waals surface area contributed by atoms with Gasteiger partial charge in [-0.05, 0) is 47.9 Å². The van der Waals surface area contributed by atoms with E-state index >= 15 is 0 Å². The molecule has 8 heteroatoms. The molecule has 1 aromatic carbocycles. The maximum atomic E-state index is 12.5. The number of aryl methyl sites for hydroxylation is 1. The summed E-state index contributed by atoms with van der Waals surface area (Å²) in [7, 11) is 0. The highest BCUT2D eigenvalue weighted by Crippen LogP contribution is 2.31. The van der Waals surface area contributed by atoms with E-state index in [1.54, 1.807) is 0 Å². The van der Waals surface area contributed by atoms with Gasteiger partial charge in [0.25, 0.3) is 0 Å². The number of amides is 1. The average Bonchev–Trinajstić information content (AvgIpc) is 3.26. The lowest BCUT2D eigenvalue weighted by Crippen LogP contribution is -2.34. The van der Waals surface area contributed by atoms with Crippen molar-refractivity contribution in [2.24, 2.45) is 0 Å². The van der Waals surface area contributed by atoms with Crippen LogP contribution in [0.15, 0.2) is 24.5 Å². The molecular formula is C15H17N7O. The van der Waals surface area contributed by atoms with Gasteiger partial charge >= 0.3 is 0 Å². The molecule has 23 heavy (non-hydrogen) atoms.